The van der Waals surface area contributed by atoms with Crippen molar-refractivity contribution in [2.75, 3.05) is 13.2 Å². The molecule has 2 aromatic rings. The van der Waals surface area contributed by atoms with E-state index in [-0.39, 0.29) is 18.6 Å². The summed E-state index contributed by atoms with van der Waals surface area (Å²) >= 11 is 12.2. The molecule has 5 heteroatoms. The van der Waals surface area contributed by atoms with Crippen molar-refractivity contribution in [1.29, 1.82) is 0 Å². The summed E-state index contributed by atoms with van der Waals surface area (Å²) in [5.74, 6) is -0.0492. The number of hydrogen-bond acceptors (Lipinski definition) is 3. The lowest BCUT2D eigenvalue weighted by Gasteiger charge is -2.24. The zero-order valence-electron chi connectivity index (χ0n) is 12.6. The van der Waals surface area contributed by atoms with Crippen molar-refractivity contribution in [3.8, 4) is 0 Å². The highest BCUT2D eigenvalue weighted by atomic mass is 35.5. The third-order valence-corrected chi connectivity index (χ3v) is 5.14. The van der Waals surface area contributed by atoms with Gasteiger partial charge in [0.25, 0.3) is 0 Å². The first kappa shape index (κ1) is 16.7. The van der Waals surface area contributed by atoms with Crippen LogP contribution in [0, 0.1) is 0 Å². The summed E-state index contributed by atoms with van der Waals surface area (Å²) in [4.78, 5) is 2.09. The molecular formula is C18H19Cl2NO2. The molecule has 0 aromatic heterocycles. The smallest absolute Gasteiger partial charge is 0.0798 e. The standard InChI is InChI=1S/C18H19Cl2NO2/c19-14-7-5-12(6-8-14)15-10-21(17(11-22)18(15)23)9-13-3-1-2-4-16(13)20/h1-8,15,17-18,22-23H,9-11H2/t15-,17-,18-/m1/s1. The molecule has 3 nitrogen and oxygen atoms in total. The summed E-state index contributed by atoms with van der Waals surface area (Å²) in [5, 5.41) is 21.7. The van der Waals surface area contributed by atoms with Crippen LogP contribution in [0.15, 0.2) is 48.5 Å². The quantitative estimate of drug-likeness (QED) is 0.887. The summed E-state index contributed by atoms with van der Waals surface area (Å²) < 4.78 is 0. The van der Waals surface area contributed by atoms with Gasteiger partial charge in [-0.3, -0.25) is 4.90 Å². The van der Waals surface area contributed by atoms with E-state index in [1.54, 1.807) is 0 Å². The Balaban J connectivity index is 1.81. The molecule has 0 aliphatic carbocycles. The number of nitrogens with zero attached hydrogens (tertiary/aromatic N) is 1. The second-order valence-electron chi connectivity index (χ2n) is 5.92. The van der Waals surface area contributed by atoms with E-state index in [1.807, 2.05) is 48.5 Å². The number of aliphatic hydroxyl groups is 2. The predicted octanol–water partition coefficient (Wildman–Crippen LogP) is 3.31. The lowest BCUT2D eigenvalue weighted by molar-refractivity contribution is 0.0641. The zero-order valence-corrected chi connectivity index (χ0v) is 14.1. The van der Waals surface area contributed by atoms with Crippen molar-refractivity contribution < 1.29 is 10.2 Å². The largest absolute Gasteiger partial charge is 0.395 e. The van der Waals surface area contributed by atoms with Gasteiger partial charge in [-0.2, -0.15) is 0 Å². The topological polar surface area (TPSA) is 43.7 Å². The molecule has 0 radical (unpaired) electrons. The van der Waals surface area contributed by atoms with Crippen LogP contribution < -0.4 is 0 Å². The molecule has 1 aliphatic rings. The van der Waals surface area contributed by atoms with Crippen LogP contribution in [0.1, 0.15) is 17.0 Å². The number of benzene rings is 2. The van der Waals surface area contributed by atoms with Crippen molar-refractivity contribution in [3.05, 3.63) is 69.7 Å². The summed E-state index contributed by atoms with van der Waals surface area (Å²) in [6.45, 7) is 1.18. The molecule has 0 amide bonds. The van der Waals surface area contributed by atoms with E-state index in [2.05, 4.69) is 4.90 Å². The van der Waals surface area contributed by atoms with Crippen LogP contribution in [-0.2, 0) is 6.54 Å². The average molecular weight is 352 g/mol. The van der Waals surface area contributed by atoms with Gasteiger partial charge >= 0.3 is 0 Å². The summed E-state index contributed by atoms with van der Waals surface area (Å²) in [6.07, 6.45) is -0.622. The van der Waals surface area contributed by atoms with Crippen LogP contribution in [0.25, 0.3) is 0 Å². The molecular weight excluding hydrogens is 333 g/mol. The highest BCUT2D eigenvalue weighted by molar-refractivity contribution is 6.31. The monoisotopic (exact) mass is 351 g/mol. The molecule has 0 unspecified atom stereocenters. The fourth-order valence-corrected chi connectivity index (χ4v) is 3.56. The van der Waals surface area contributed by atoms with Gasteiger partial charge in [0.05, 0.1) is 18.8 Å². The van der Waals surface area contributed by atoms with E-state index in [9.17, 15) is 10.2 Å². The first-order chi connectivity index (χ1) is 11.1. The van der Waals surface area contributed by atoms with Gasteiger partial charge in [-0.25, -0.2) is 0 Å². The summed E-state index contributed by atoms with van der Waals surface area (Å²) in [5.41, 5.74) is 2.03. The molecule has 2 aromatic carbocycles. The molecule has 3 rings (SSSR count). The van der Waals surface area contributed by atoms with Crippen molar-refractivity contribution in [3.63, 3.8) is 0 Å². The van der Waals surface area contributed by atoms with Gasteiger partial charge in [0.15, 0.2) is 0 Å². The second-order valence-corrected chi connectivity index (χ2v) is 6.76. The fraction of sp³-hybridized carbons (Fsp3) is 0.333. The number of halogens is 2. The molecule has 0 saturated carbocycles. The van der Waals surface area contributed by atoms with Crippen molar-refractivity contribution in [1.82, 2.24) is 4.90 Å². The molecule has 1 saturated heterocycles. The SMILES string of the molecule is OC[C@@H]1[C@H](O)[C@@H](c2ccc(Cl)cc2)CN1Cc1ccccc1Cl. The van der Waals surface area contributed by atoms with E-state index in [4.69, 9.17) is 23.2 Å². The van der Waals surface area contributed by atoms with Gasteiger partial charge < -0.3 is 10.2 Å². The maximum atomic E-state index is 10.6. The Labute approximate surface area is 146 Å². The minimum absolute atomic E-state index is 0.0492. The van der Waals surface area contributed by atoms with Crippen LogP contribution in [-0.4, -0.2) is 40.4 Å². The van der Waals surface area contributed by atoms with Crippen LogP contribution in [0.5, 0.6) is 0 Å². The van der Waals surface area contributed by atoms with Gasteiger partial charge in [-0.05, 0) is 29.3 Å². The molecule has 0 spiro atoms. The third kappa shape index (κ3) is 3.54. The third-order valence-electron chi connectivity index (χ3n) is 4.52. The lowest BCUT2D eigenvalue weighted by Crippen LogP contribution is -2.38. The Bertz CT molecular complexity index is 662. The normalized spacial score (nSPS) is 25.0. The van der Waals surface area contributed by atoms with E-state index >= 15 is 0 Å². The molecule has 0 bridgehead atoms. The molecule has 1 aliphatic heterocycles. The van der Waals surface area contributed by atoms with Crippen molar-refractivity contribution >= 4 is 23.2 Å². The zero-order chi connectivity index (χ0) is 16.4. The Morgan fingerprint density at radius 1 is 1.04 bits per heavy atom. The van der Waals surface area contributed by atoms with E-state index in [1.165, 1.54) is 0 Å². The average Bonchev–Trinajstić information content (AvgIpc) is 2.86. The van der Waals surface area contributed by atoms with Crippen LogP contribution in [0.4, 0.5) is 0 Å². The molecule has 122 valence electrons. The van der Waals surface area contributed by atoms with E-state index in [0.717, 1.165) is 11.1 Å². The second kappa shape index (κ2) is 7.20. The van der Waals surface area contributed by atoms with Gasteiger partial charge in [0, 0.05) is 29.1 Å². The predicted molar refractivity (Wildman–Crippen MR) is 92.9 cm³/mol. The number of hydrogen-bond donors (Lipinski definition) is 2. The summed E-state index contributed by atoms with van der Waals surface area (Å²) in [7, 11) is 0. The Kier molecular flexibility index (Phi) is 5.24. The summed E-state index contributed by atoms with van der Waals surface area (Å²) in [6, 6.07) is 14.9. The number of rotatable bonds is 4. The molecule has 2 N–H and O–H groups in total. The van der Waals surface area contributed by atoms with Crippen molar-refractivity contribution in [2.45, 2.75) is 24.6 Å². The molecule has 23 heavy (non-hydrogen) atoms. The Morgan fingerprint density at radius 2 is 1.74 bits per heavy atom. The highest BCUT2D eigenvalue weighted by Gasteiger charge is 2.40. The first-order valence-electron chi connectivity index (χ1n) is 7.62. The first-order valence-corrected chi connectivity index (χ1v) is 8.37. The van der Waals surface area contributed by atoms with Crippen LogP contribution in [0.2, 0.25) is 10.0 Å². The maximum Gasteiger partial charge on any atom is 0.0798 e. The molecule has 3 atom stereocenters. The van der Waals surface area contributed by atoms with Gasteiger partial charge in [-0.15, -0.1) is 0 Å². The maximum absolute atomic E-state index is 10.6. The minimum atomic E-state index is -0.622. The van der Waals surface area contributed by atoms with Crippen molar-refractivity contribution in [2.24, 2.45) is 0 Å². The van der Waals surface area contributed by atoms with Crippen LogP contribution in [0.3, 0.4) is 0 Å². The highest BCUT2D eigenvalue weighted by Crippen LogP contribution is 2.34. The van der Waals surface area contributed by atoms with Gasteiger partial charge in [-0.1, -0.05) is 53.5 Å². The van der Waals surface area contributed by atoms with E-state index < -0.39 is 6.10 Å². The Hall–Kier alpha value is -1.10. The van der Waals surface area contributed by atoms with Gasteiger partial charge in [0.2, 0.25) is 0 Å². The van der Waals surface area contributed by atoms with Gasteiger partial charge in [0.1, 0.15) is 0 Å². The minimum Gasteiger partial charge on any atom is -0.395 e. The lowest BCUT2D eigenvalue weighted by atomic mass is 9.94. The Morgan fingerprint density at radius 3 is 2.39 bits per heavy atom. The molecule has 1 heterocycles. The molecule has 1 fully saturated rings. The van der Waals surface area contributed by atoms with E-state index in [0.29, 0.717) is 23.1 Å². The van der Waals surface area contributed by atoms with Crippen LogP contribution >= 0.6 is 23.2 Å². The number of aliphatic hydroxyl groups excluding tert-OH is 2. The number of likely N-dealkylation sites (tertiary alicyclic amines) is 1. The fourth-order valence-electron chi connectivity index (χ4n) is 3.24.